The van der Waals surface area contributed by atoms with Crippen LogP contribution in [0, 0.1) is 29.4 Å². The maximum absolute atomic E-state index is 14.6. The number of ether oxygens (including phenoxy) is 1. The van der Waals surface area contributed by atoms with Gasteiger partial charge in [-0.05, 0) is 36.0 Å². The van der Waals surface area contributed by atoms with Gasteiger partial charge in [0, 0.05) is 18.4 Å². The first-order valence-electron chi connectivity index (χ1n) is 8.77. The van der Waals surface area contributed by atoms with Crippen LogP contribution in [0.15, 0.2) is 18.2 Å². The number of allylic oxidation sites excluding steroid dienone is 2. The maximum atomic E-state index is 14.6. The molecule has 4 rings (SSSR count). The molecule has 0 bridgehead atoms. The van der Waals surface area contributed by atoms with Gasteiger partial charge in [-0.25, -0.2) is 13.6 Å². The smallest absolute Gasteiger partial charge is 0.414 e. The van der Waals surface area contributed by atoms with Gasteiger partial charge in [0.15, 0.2) is 0 Å². The van der Waals surface area contributed by atoms with Crippen molar-refractivity contribution in [2.45, 2.75) is 19.4 Å². The van der Waals surface area contributed by atoms with Crippen LogP contribution in [0.3, 0.4) is 0 Å². The van der Waals surface area contributed by atoms with E-state index in [-0.39, 0.29) is 48.0 Å². The van der Waals surface area contributed by atoms with Crippen molar-refractivity contribution >= 4 is 29.5 Å². The summed E-state index contributed by atoms with van der Waals surface area (Å²) in [6.07, 6.45) is 1.85. The minimum absolute atomic E-state index is 0.0286. The van der Waals surface area contributed by atoms with Crippen LogP contribution in [0.25, 0.3) is 5.57 Å². The Kier molecular flexibility index (Phi) is 4.20. The Morgan fingerprint density at radius 1 is 1.37 bits per heavy atom. The predicted octanol–water partition coefficient (Wildman–Crippen LogP) is 2.27. The van der Waals surface area contributed by atoms with Gasteiger partial charge in [0.1, 0.15) is 24.0 Å². The molecule has 27 heavy (non-hydrogen) atoms. The molecule has 0 radical (unpaired) electrons. The second-order valence-corrected chi connectivity index (χ2v) is 7.19. The van der Waals surface area contributed by atoms with Crippen molar-refractivity contribution in [1.82, 2.24) is 5.32 Å². The van der Waals surface area contributed by atoms with Gasteiger partial charge in [-0.2, -0.15) is 0 Å². The highest BCUT2D eigenvalue weighted by Gasteiger charge is 2.52. The van der Waals surface area contributed by atoms with E-state index < -0.39 is 23.8 Å². The molecule has 1 saturated carbocycles. The van der Waals surface area contributed by atoms with E-state index in [0.29, 0.717) is 12.0 Å². The summed E-state index contributed by atoms with van der Waals surface area (Å²) in [7, 11) is 0. The summed E-state index contributed by atoms with van der Waals surface area (Å²) in [5.74, 6) is -1.56. The van der Waals surface area contributed by atoms with Crippen molar-refractivity contribution in [3.05, 3.63) is 35.4 Å². The zero-order chi connectivity index (χ0) is 19.3. The first kappa shape index (κ1) is 17.6. The van der Waals surface area contributed by atoms with E-state index in [1.165, 1.54) is 6.92 Å². The number of rotatable bonds is 5. The average Bonchev–Trinajstić information content (AvgIpc) is 2.92. The highest BCUT2D eigenvalue weighted by Crippen LogP contribution is 2.57. The van der Waals surface area contributed by atoms with Crippen LogP contribution in [0.4, 0.5) is 19.3 Å². The third-order valence-electron chi connectivity index (χ3n) is 5.41. The Labute approximate surface area is 154 Å². The van der Waals surface area contributed by atoms with Gasteiger partial charge >= 0.3 is 6.09 Å². The molecule has 1 aromatic carbocycles. The van der Waals surface area contributed by atoms with Gasteiger partial charge in [-0.15, -0.1) is 0 Å². The number of carbonyl (C=O) groups is 3. The lowest BCUT2D eigenvalue weighted by Crippen LogP contribution is -2.33. The first-order valence-corrected chi connectivity index (χ1v) is 8.77. The molecule has 1 aliphatic heterocycles. The van der Waals surface area contributed by atoms with E-state index in [1.54, 1.807) is 6.08 Å². The third kappa shape index (κ3) is 3.09. The van der Waals surface area contributed by atoms with Crippen LogP contribution >= 0.6 is 0 Å². The molecular formula is C19H18F2N2O4. The number of benzene rings is 1. The van der Waals surface area contributed by atoms with Gasteiger partial charge in [-0.3, -0.25) is 9.69 Å². The molecule has 1 aromatic rings. The van der Waals surface area contributed by atoms with E-state index >= 15 is 0 Å². The number of carbonyl (C=O) groups excluding carboxylic acids is 3. The van der Waals surface area contributed by atoms with E-state index in [0.717, 1.165) is 23.3 Å². The molecule has 3 aliphatic rings. The summed E-state index contributed by atoms with van der Waals surface area (Å²) in [6, 6.07) is 2.23. The highest BCUT2D eigenvalue weighted by molar-refractivity contribution is 5.90. The number of nitrogens with one attached hydrogen (secondary N) is 1. The number of anilines is 1. The molecule has 3 unspecified atom stereocenters. The number of amides is 2. The predicted molar refractivity (Wildman–Crippen MR) is 91.8 cm³/mol. The molecule has 6 nitrogen and oxygen atoms in total. The van der Waals surface area contributed by atoms with Crippen LogP contribution < -0.4 is 10.2 Å². The quantitative estimate of drug-likeness (QED) is 0.800. The van der Waals surface area contributed by atoms with Crippen LogP contribution in [0.1, 0.15) is 18.9 Å². The lowest BCUT2D eigenvalue weighted by Gasteiger charge is -2.16. The minimum Gasteiger partial charge on any atom is -0.442 e. The fraction of sp³-hybridized carbons (Fsp3) is 0.421. The molecule has 1 N–H and O–H groups in total. The second-order valence-electron chi connectivity index (χ2n) is 7.19. The van der Waals surface area contributed by atoms with E-state index in [1.807, 2.05) is 0 Å². The lowest BCUT2D eigenvalue weighted by molar-refractivity contribution is -0.119. The standard InChI is InChI=1S/C19H18F2N2O4/c1-9(25)22-6-12-7-23(19(26)27-12)11-4-16(20)18(17(21)5-11)10-2-13-14(3-10)15(13)8-24/h2,4-5,8,12-15H,3,6-7H2,1H3,(H,22,25)/t12-,13?,14?,15?/m0/s1. The summed E-state index contributed by atoms with van der Waals surface area (Å²) in [5, 5.41) is 2.54. The Hall–Kier alpha value is -2.77. The lowest BCUT2D eigenvalue weighted by atomic mass is 9.99. The minimum atomic E-state index is -0.752. The zero-order valence-corrected chi connectivity index (χ0v) is 14.6. The highest BCUT2D eigenvalue weighted by atomic mass is 19.1. The largest absolute Gasteiger partial charge is 0.442 e. The monoisotopic (exact) mass is 376 g/mol. The molecule has 2 amide bonds. The average molecular weight is 376 g/mol. The zero-order valence-electron chi connectivity index (χ0n) is 14.6. The third-order valence-corrected chi connectivity index (χ3v) is 5.41. The second kappa shape index (κ2) is 6.44. The number of aldehydes is 1. The number of cyclic esters (lactones) is 1. The number of halogens is 2. The van der Waals surface area contributed by atoms with Crippen molar-refractivity contribution in [3.63, 3.8) is 0 Å². The molecule has 0 spiro atoms. The molecule has 8 heteroatoms. The first-order chi connectivity index (χ1) is 12.9. The normalized spacial score (nSPS) is 28.5. The van der Waals surface area contributed by atoms with Gasteiger partial charge in [0.2, 0.25) is 5.91 Å². The number of hydrogen-bond donors (Lipinski definition) is 1. The van der Waals surface area contributed by atoms with Gasteiger partial charge in [-0.1, -0.05) is 6.08 Å². The SMILES string of the molecule is CC(=O)NC[C@H]1CN(c2cc(F)c(C3=CC4C(C=O)C4C3)c(F)c2)C(=O)O1. The topological polar surface area (TPSA) is 75.7 Å². The maximum Gasteiger partial charge on any atom is 0.414 e. The van der Waals surface area contributed by atoms with Crippen molar-refractivity contribution in [2.75, 3.05) is 18.0 Å². The number of fused-ring (bicyclic) bond motifs is 1. The van der Waals surface area contributed by atoms with Gasteiger partial charge in [0.25, 0.3) is 0 Å². The molecule has 0 aromatic heterocycles. The van der Waals surface area contributed by atoms with Crippen LogP contribution in [-0.2, 0) is 14.3 Å². The summed E-state index contributed by atoms with van der Waals surface area (Å²) < 4.78 is 34.4. The summed E-state index contributed by atoms with van der Waals surface area (Å²) >= 11 is 0. The Balaban J connectivity index is 1.53. The fourth-order valence-electron chi connectivity index (χ4n) is 3.98. The number of nitrogens with zero attached hydrogens (tertiary/aromatic N) is 1. The fourth-order valence-corrected chi connectivity index (χ4v) is 3.98. The molecular weight excluding hydrogens is 358 g/mol. The molecule has 2 aliphatic carbocycles. The van der Waals surface area contributed by atoms with Crippen LogP contribution in [0.5, 0.6) is 0 Å². The molecule has 1 heterocycles. The van der Waals surface area contributed by atoms with E-state index in [9.17, 15) is 23.2 Å². The Morgan fingerprint density at radius 2 is 2.07 bits per heavy atom. The molecule has 4 atom stereocenters. The molecule has 1 saturated heterocycles. The van der Waals surface area contributed by atoms with E-state index in [2.05, 4.69) is 5.32 Å². The van der Waals surface area contributed by atoms with Crippen molar-refractivity contribution in [1.29, 1.82) is 0 Å². The summed E-state index contributed by atoms with van der Waals surface area (Å²) in [6.45, 7) is 1.57. The van der Waals surface area contributed by atoms with Crippen LogP contribution in [-0.4, -0.2) is 37.5 Å². The van der Waals surface area contributed by atoms with Gasteiger partial charge < -0.3 is 14.8 Å². The van der Waals surface area contributed by atoms with Crippen molar-refractivity contribution in [2.24, 2.45) is 17.8 Å². The summed E-state index contributed by atoms with van der Waals surface area (Å²) in [5.41, 5.74) is 0.536. The Bertz CT molecular complexity index is 846. The van der Waals surface area contributed by atoms with Crippen molar-refractivity contribution in [3.8, 4) is 0 Å². The molecule has 142 valence electrons. The van der Waals surface area contributed by atoms with Crippen molar-refractivity contribution < 1.29 is 27.9 Å². The Morgan fingerprint density at radius 3 is 2.63 bits per heavy atom. The number of hydrogen-bond acceptors (Lipinski definition) is 4. The summed E-state index contributed by atoms with van der Waals surface area (Å²) in [4.78, 5) is 35.0. The molecule has 2 fully saturated rings. The van der Waals surface area contributed by atoms with Gasteiger partial charge in [0.05, 0.1) is 18.8 Å². The van der Waals surface area contributed by atoms with E-state index in [4.69, 9.17) is 4.74 Å². The van der Waals surface area contributed by atoms with Crippen LogP contribution in [0.2, 0.25) is 0 Å².